The Morgan fingerprint density at radius 3 is 2.68 bits per heavy atom. The van der Waals surface area contributed by atoms with Crippen LogP contribution in [0, 0.1) is 5.82 Å². The third kappa shape index (κ3) is 4.14. The molecule has 1 aromatic rings. The molecule has 0 bridgehead atoms. The first-order valence-corrected chi connectivity index (χ1v) is 9.04. The van der Waals surface area contributed by atoms with Crippen LogP contribution in [-0.4, -0.2) is 23.3 Å². The molecular formula is C18H22BrFN2O3. The van der Waals surface area contributed by atoms with E-state index >= 15 is 0 Å². The monoisotopic (exact) mass is 412 g/mol. The fraction of sp³-hybridized carbons (Fsp3) is 0.556. The van der Waals surface area contributed by atoms with Crippen LogP contribution < -0.4 is 5.32 Å². The molecule has 1 saturated carbocycles. The number of hydrogen-bond donors (Lipinski definition) is 1. The van der Waals surface area contributed by atoms with E-state index in [1.807, 2.05) is 6.92 Å². The highest BCUT2D eigenvalue weighted by molar-refractivity contribution is 9.10. The number of nitrogens with zero attached hydrogens (tertiary/aromatic N) is 1. The highest BCUT2D eigenvalue weighted by atomic mass is 79.9. The van der Waals surface area contributed by atoms with Gasteiger partial charge in [-0.05, 0) is 58.7 Å². The van der Waals surface area contributed by atoms with Crippen LogP contribution in [0.5, 0.6) is 0 Å². The maximum atomic E-state index is 14.4. The lowest BCUT2D eigenvalue weighted by molar-refractivity contribution is 0.0495. The summed E-state index contributed by atoms with van der Waals surface area (Å²) in [6.07, 6.45) is 1.63. The first kappa shape index (κ1) is 18.2. The summed E-state index contributed by atoms with van der Waals surface area (Å²) in [5.74, 6) is -0.330. The first-order chi connectivity index (χ1) is 11.5. The van der Waals surface area contributed by atoms with Gasteiger partial charge in [-0.2, -0.15) is 0 Å². The molecule has 25 heavy (non-hydrogen) atoms. The Hall–Kier alpha value is -1.63. The number of alkyl carbamates (subject to hydrolysis) is 1. The van der Waals surface area contributed by atoms with Gasteiger partial charge in [-0.1, -0.05) is 15.9 Å². The molecule has 1 spiro atoms. The summed E-state index contributed by atoms with van der Waals surface area (Å²) >= 11 is 3.38. The van der Waals surface area contributed by atoms with Crippen LogP contribution in [0.2, 0.25) is 0 Å². The molecule has 1 heterocycles. The Kier molecular flexibility index (Phi) is 4.34. The third-order valence-corrected chi connectivity index (χ3v) is 4.75. The molecule has 0 unspecified atom stereocenters. The van der Waals surface area contributed by atoms with Gasteiger partial charge in [0.2, 0.25) is 0 Å². The molecule has 5 nitrogen and oxygen atoms in total. The van der Waals surface area contributed by atoms with E-state index < -0.39 is 22.8 Å². The van der Waals surface area contributed by atoms with Crippen molar-refractivity contribution in [1.82, 2.24) is 5.32 Å². The summed E-state index contributed by atoms with van der Waals surface area (Å²) in [7, 11) is 0. The van der Waals surface area contributed by atoms with Gasteiger partial charge in [0, 0.05) is 16.5 Å². The standard InChI is InChI=1S/C18H22BrFN2O3/c1-16(2,3)25-15(23)21-14-22-17(4,10-18(24-14)7-8-18)12-9-11(19)5-6-13(12)20/h5-6,9H,7-8,10H2,1-4H3,(H,21,22,23)/t17-/m0/s1. The molecule has 1 fully saturated rings. The minimum atomic E-state index is -0.826. The molecule has 0 aromatic heterocycles. The van der Waals surface area contributed by atoms with Crippen LogP contribution in [0.3, 0.4) is 0 Å². The molecule has 1 aliphatic carbocycles. The molecule has 3 rings (SSSR count). The molecule has 1 aromatic carbocycles. The number of rotatable bonds is 1. The number of hydrogen-bond acceptors (Lipinski definition) is 4. The van der Waals surface area contributed by atoms with E-state index in [1.54, 1.807) is 32.9 Å². The van der Waals surface area contributed by atoms with Gasteiger partial charge in [-0.3, -0.25) is 0 Å². The van der Waals surface area contributed by atoms with Crippen molar-refractivity contribution < 1.29 is 18.7 Å². The van der Waals surface area contributed by atoms with Crippen LogP contribution in [0.25, 0.3) is 0 Å². The molecule has 1 amide bonds. The highest BCUT2D eigenvalue weighted by Gasteiger charge is 2.55. The Morgan fingerprint density at radius 2 is 2.08 bits per heavy atom. The number of carbonyl (C=O) groups excluding carboxylic acids is 1. The second kappa shape index (κ2) is 5.97. The van der Waals surface area contributed by atoms with Gasteiger partial charge in [-0.25, -0.2) is 19.5 Å². The van der Waals surface area contributed by atoms with Crippen LogP contribution in [0.1, 0.15) is 52.5 Å². The van der Waals surface area contributed by atoms with E-state index in [9.17, 15) is 9.18 Å². The molecule has 7 heteroatoms. The number of carbonyl (C=O) groups is 1. The summed E-state index contributed by atoms with van der Waals surface area (Å²) in [6, 6.07) is 4.87. The van der Waals surface area contributed by atoms with Crippen LogP contribution in [-0.2, 0) is 15.0 Å². The molecule has 0 saturated heterocycles. The van der Waals surface area contributed by atoms with Crippen LogP contribution >= 0.6 is 15.9 Å². The van der Waals surface area contributed by atoms with Gasteiger partial charge < -0.3 is 9.47 Å². The number of aliphatic imine (C=N–C) groups is 1. The number of amidine groups is 1. The number of benzene rings is 1. The minimum absolute atomic E-state index is 0.0832. The SMILES string of the molecule is CC(C)(C)OC(=O)NC1=N[C@](C)(c2cc(Br)ccc2F)CC2(CC2)O1. The van der Waals surface area contributed by atoms with Crippen molar-refractivity contribution in [3.05, 3.63) is 34.1 Å². The molecule has 1 aliphatic heterocycles. The maximum Gasteiger partial charge on any atom is 0.415 e. The second-order valence-electron chi connectivity index (χ2n) is 7.90. The Bertz CT molecular complexity index is 740. The van der Waals surface area contributed by atoms with Crippen molar-refractivity contribution in [1.29, 1.82) is 0 Å². The Labute approximate surface area is 155 Å². The zero-order valence-corrected chi connectivity index (χ0v) is 16.4. The van der Waals surface area contributed by atoms with Gasteiger partial charge in [0.25, 0.3) is 6.02 Å². The maximum absolute atomic E-state index is 14.4. The van der Waals surface area contributed by atoms with Crippen LogP contribution in [0.4, 0.5) is 9.18 Å². The molecule has 2 aliphatic rings. The normalized spacial score (nSPS) is 24.3. The van der Waals surface area contributed by atoms with Crippen molar-refractivity contribution in [3.8, 4) is 0 Å². The summed E-state index contributed by atoms with van der Waals surface area (Å²) in [5, 5.41) is 2.56. The zero-order valence-electron chi connectivity index (χ0n) is 14.8. The largest absolute Gasteiger partial charge is 0.458 e. The fourth-order valence-corrected chi connectivity index (χ4v) is 3.44. The summed E-state index contributed by atoms with van der Waals surface area (Å²) in [5.41, 5.74) is -1.38. The number of amides is 1. The topological polar surface area (TPSA) is 59.9 Å². The lowest BCUT2D eigenvalue weighted by Crippen LogP contribution is -2.46. The van der Waals surface area contributed by atoms with E-state index in [-0.39, 0.29) is 11.8 Å². The van der Waals surface area contributed by atoms with Gasteiger partial charge in [0.1, 0.15) is 17.0 Å². The van der Waals surface area contributed by atoms with E-state index in [2.05, 4.69) is 26.2 Å². The predicted octanol–water partition coefficient (Wildman–Crippen LogP) is 4.64. The van der Waals surface area contributed by atoms with Gasteiger partial charge in [0.05, 0.1) is 5.54 Å². The van der Waals surface area contributed by atoms with Crippen molar-refractivity contribution in [2.75, 3.05) is 0 Å². The van der Waals surface area contributed by atoms with E-state index in [0.29, 0.717) is 12.0 Å². The van der Waals surface area contributed by atoms with Gasteiger partial charge in [0.15, 0.2) is 0 Å². The van der Waals surface area contributed by atoms with Crippen molar-refractivity contribution in [3.63, 3.8) is 0 Å². The molecule has 1 atom stereocenters. The average Bonchev–Trinajstić information content (AvgIpc) is 3.16. The van der Waals surface area contributed by atoms with Crippen LogP contribution in [0.15, 0.2) is 27.7 Å². The second-order valence-corrected chi connectivity index (χ2v) is 8.82. The number of ether oxygens (including phenoxy) is 2. The Balaban J connectivity index is 1.91. The van der Waals surface area contributed by atoms with Crippen molar-refractivity contribution in [2.24, 2.45) is 4.99 Å². The first-order valence-electron chi connectivity index (χ1n) is 8.25. The molecular weight excluding hydrogens is 391 g/mol. The predicted molar refractivity (Wildman–Crippen MR) is 95.9 cm³/mol. The number of nitrogens with one attached hydrogen (secondary N) is 1. The smallest absolute Gasteiger partial charge is 0.415 e. The zero-order chi connectivity index (χ0) is 18.5. The van der Waals surface area contributed by atoms with E-state index in [4.69, 9.17) is 9.47 Å². The quantitative estimate of drug-likeness (QED) is 0.730. The molecule has 0 radical (unpaired) electrons. The number of halogens is 2. The van der Waals surface area contributed by atoms with Crippen molar-refractivity contribution >= 4 is 28.0 Å². The fourth-order valence-electron chi connectivity index (χ4n) is 3.08. The highest BCUT2D eigenvalue weighted by Crippen LogP contribution is 2.52. The van der Waals surface area contributed by atoms with Gasteiger partial charge in [-0.15, -0.1) is 0 Å². The van der Waals surface area contributed by atoms with Crippen molar-refractivity contribution in [2.45, 2.75) is 63.7 Å². The average molecular weight is 413 g/mol. The summed E-state index contributed by atoms with van der Waals surface area (Å²) in [4.78, 5) is 16.6. The summed E-state index contributed by atoms with van der Waals surface area (Å²) in [6.45, 7) is 7.19. The lowest BCUT2D eigenvalue weighted by atomic mass is 9.85. The lowest BCUT2D eigenvalue weighted by Gasteiger charge is -2.36. The van der Waals surface area contributed by atoms with E-state index in [1.165, 1.54) is 6.07 Å². The van der Waals surface area contributed by atoms with E-state index in [0.717, 1.165) is 17.3 Å². The molecule has 1 N–H and O–H groups in total. The summed E-state index contributed by atoms with van der Waals surface area (Å²) < 4.78 is 26.3. The molecule has 136 valence electrons. The van der Waals surface area contributed by atoms with Gasteiger partial charge >= 0.3 is 6.09 Å². The third-order valence-electron chi connectivity index (χ3n) is 4.25. The minimum Gasteiger partial charge on any atom is -0.458 e. The Morgan fingerprint density at radius 1 is 1.40 bits per heavy atom.